The molecule has 1 saturated heterocycles. The summed E-state index contributed by atoms with van der Waals surface area (Å²) >= 11 is 0. The van der Waals surface area contributed by atoms with Crippen LogP contribution < -0.4 is 0 Å². The van der Waals surface area contributed by atoms with Gasteiger partial charge < -0.3 is 9.64 Å². The van der Waals surface area contributed by atoms with Gasteiger partial charge in [0.2, 0.25) is 0 Å². The second-order valence-corrected chi connectivity index (χ2v) is 4.29. The molecule has 5 heteroatoms. The summed E-state index contributed by atoms with van der Waals surface area (Å²) in [5, 5.41) is 8.40. The SMILES string of the molecule is N#CCOC(=O)[C@@H]1CCCN1C(=O)c1ccccc1. The Labute approximate surface area is 111 Å². The highest BCUT2D eigenvalue weighted by Crippen LogP contribution is 2.21. The number of benzene rings is 1. The molecule has 0 aromatic heterocycles. The van der Waals surface area contributed by atoms with Crippen LogP contribution in [0.4, 0.5) is 0 Å². The van der Waals surface area contributed by atoms with Gasteiger partial charge in [-0.05, 0) is 25.0 Å². The molecular formula is C14H14N2O3. The molecule has 1 aliphatic heterocycles. The van der Waals surface area contributed by atoms with Gasteiger partial charge in [-0.1, -0.05) is 18.2 Å². The van der Waals surface area contributed by atoms with Crippen molar-refractivity contribution in [3.8, 4) is 6.07 Å². The number of nitriles is 1. The Kier molecular flexibility index (Phi) is 4.14. The number of carbonyl (C=O) groups is 2. The van der Waals surface area contributed by atoms with E-state index in [4.69, 9.17) is 10.00 Å². The molecule has 0 spiro atoms. The lowest BCUT2D eigenvalue weighted by Crippen LogP contribution is -2.41. The first-order valence-corrected chi connectivity index (χ1v) is 6.13. The van der Waals surface area contributed by atoms with Crippen LogP contribution in [0, 0.1) is 11.3 Å². The molecule has 0 saturated carbocycles. The molecule has 1 atom stereocenters. The Morgan fingerprint density at radius 2 is 2.11 bits per heavy atom. The van der Waals surface area contributed by atoms with E-state index in [0.29, 0.717) is 18.5 Å². The molecule has 0 bridgehead atoms. The standard InChI is InChI=1S/C14H14N2O3/c15-8-10-19-14(18)12-7-4-9-16(12)13(17)11-5-2-1-3-6-11/h1-3,5-6,12H,4,7,9-10H2/t12-/m0/s1. The van der Waals surface area contributed by atoms with Gasteiger partial charge in [-0.2, -0.15) is 5.26 Å². The Balaban J connectivity index is 2.09. The summed E-state index contributed by atoms with van der Waals surface area (Å²) in [5.74, 6) is -0.666. The van der Waals surface area contributed by atoms with Crippen LogP contribution in [0.15, 0.2) is 30.3 Å². The van der Waals surface area contributed by atoms with E-state index in [0.717, 1.165) is 6.42 Å². The predicted octanol–water partition coefficient (Wildman–Crippen LogP) is 1.36. The summed E-state index contributed by atoms with van der Waals surface area (Å²) in [7, 11) is 0. The Morgan fingerprint density at radius 1 is 1.37 bits per heavy atom. The molecule has 1 heterocycles. The molecular weight excluding hydrogens is 244 g/mol. The maximum atomic E-state index is 12.3. The van der Waals surface area contributed by atoms with Crippen LogP contribution in [0.3, 0.4) is 0 Å². The summed E-state index contributed by atoms with van der Waals surface area (Å²) in [6.07, 6.45) is 1.35. The monoisotopic (exact) mass is 258 g/mol. The Bertz CT molecular complexity index is 507. The van der Waals surface area contributed by atoms with Crippen molar-refractivity contribution in [2.24, 2.45) is 0 Å². The number of amides is 1. The topological polar surface area (TPSA) is 70.4 Å². The molecule has 1 aliphatic rings. The zero-order valence-corrected chi connectivity index (χ0v) is 10.4. The molecule has 0 unspecified atom stereocenters. The van der Waals surface area contributed by atoms with Crippen molar-refractivity contribution >= 4 is 11.9 Å². The van der Waals surface area contributed by atoms with Crippen molar-refractivity contribution in [3.05, 3.63) is 35.9 Å². The van der Waals surface area contributed by atoms with Crippen LogP contribution in [0.1, 0.15) is 23.2 Å². The van der Waals surface area contributed by atoms with Crippen LogP contribution >= 0.6 is 0 Å². The lowest BCUT2D eigenvalue weighted by atomic mass is 10.1. The fraction of sp³-hybridized carbons (Fsp3) is 0.357. The number of carbonyl (C=O) groups excluding carboxylic acids is 2. The lowest BCUT2D eigenvalue weighted by Gasteiger charge is -2.22. The largest absolute Gasteiger partial charge is 0.449 e. The van der Waals surface area contributed by atoms with Crippen LogP contribution in [0.2, 0.25) is 0 Å². The smallest absolute Gasteiger partial charge is 0.329 e. The van der Waals surface area contributed by atoms with Gasteiger partial charge in [-0.15, -0.1) is 0 Å². The maximum Gasteiger partial charge on any atom is 0.329 e. The summed E-state index contributed by atoms with van der Waals surface area (Å²) in [6, 6.07) is 10.0. The molecule has 98 valence electrons. The molecule has 2 rings (SSSR count). The molecule has 0 N–H and O–H groups in total. The number of likely N-dealkylation sites (tertiary alicyclic amines) is 1. The van der Waals surface area contributed by atoms with Crippen molar-refractivity contribution in [1.82, 2.24) is 4.90 Å². The highest BCUT2D eigenvalue weighted by atomic mass is 16.5. The lowest BCUT2D eigenvalue weighted by molar-refractivity contribution is -0.146. The summed E-state index contributed by atoms with van der Waals surface area (Å²) in [6.45, 7) is 0.267. The van der Waals surface area contributed by atoms with E-state index < -0.39 is 12.0 Å². The van der Waals surface area contributed by atoms with Crippen molar-refractivity contribution in [2.45, 2.75) is 18.9 Å². The highest BCUT2D eigenvalue weighted by Gasteiger charge is 2.35. The third-order valence-electron chi connectivity index (χ3n) is 3.09. The summed E-state index contributed by atoms with van der Waals surface area (Å²) in [4.78, 5) is 25.6. The maximum absolute atomic E-state index is 12.3. The number of ether oxygens (including phenoxy) is 1. The van der Waals surface area contributed by atoms with Crippen molar-refractivity contribution in [1.29, 1.82) is 5.26 Å². The minimum atomic E-state index is -0.568. The van der Waals surface area contributed by atoms with Crippen molar-refractivity contribution in [2.75, 3.05) is 13.2 Å². The number of nitrogens with zero attached hydrogens (tertiary/aromatic N) is 2. The van der Waals surface area contributed by atoms with Gasteiger partial charge in [0.05, 0.1) is 0 Å². The molecule has 1 amide bonds. The zero-order valence-electron chi connectivity index (χ0n) is 10.4. The van der Waals surface area contributed by atoms with Gasteiger partial charge in [-0.25, -0.2) is 4.79 Å². The second-order valence-electron chi connectivity index (χ2n) is 4.29. The van der Waals surface area contributed by atoms with Gasteiger partial charge >= 0.3 is 5.97 Å². The van der Waals surface area contributed by atoms with Crippen LogP contribution in [0.25, 0.3) is 0 Å². The van der Waals surface area contributed by atoms with Crippen molar-refractivity contribution < 1.29 is 14.3 Å². The van der Waals surface area contributed by atoms with Crippen LogP contribution in [0.5, 0.6) is 0 Å². The molecule has 5 nitrogen and oxygen atoms in total. The summed E-state index contributed by atoms with van der Waals surface area (Å²) in [5.41, 5.74) is 0.558. The first kappa shape index (κ1) is 13.1. The number of hydrogen-bond donors (Lipinski definition) is 0. The van der Waals surface area contributed by atoms with Gasteiger partial charge in [-0.3, -0.25) is 4.79 Å². The van der Waals surface area contributed by atoms with Gasteiger partial charge in [0.15, 0.2) is 6.61 Å². The van der Waals surface area contributed by atoms with Crippen LogP contribution in [-0.2, 0) is 9.53 Å². The minimum Gasteiger partial charge on any atom is -0.449 e. The second kappa shape index (κ2) is 6.01. The first-order chi connectivity index (χ1) is 9.24. The quantitative estimate of drug-likeness (QED) is 0.767. The molecule has 0 radical (unpaired) electrons. The molecule has 19 heavy (non-hydrogen) atoms. The van der Waals surface area contributed by atoms with Crippen molar-refractivity contribution in [3.63, 3.8) is 0 Å². The number of esters is 1. The molecule has 1 fully saturated rings. The average Bonchev–Trinajstić information content (AvgIpc) is 2.94. The van der Waals surface area contributed by atoms with E-state index in [1.165, 1.54) is 4.90 Å². The van der Waals surface area contributed by atoms with Gasteiger partial charge in [0, 0.05) is 12.1 Å². The fourth-order valence-corrected chi connectivity index (χ4v) is 2.20. The molecule has 1 aromatic carbocycles. The van der Waals surface area contributed by atoms with Gasteiger partial charge in [0.25, 0.3) is 5.91 Å². The van der Waals surface area contributed by atoms with Crippen LogP contribution in [-0.4, -0.2) is 36.0 Å². The first-order valence-electron chi connectivity index (χ1n) is 6.13. The fourth-order valence-electron chi connectivity index (χ4n) is 2.20. The van der Waals surface area contributed by atoms with Gasteiger partial charge in [0.1, 0.15) is 12.1 Å². The van der Waals surface area contributed by atoms with E-state index in [1.54, 1.807) is 30.3 Å². The number of rotatable bonds is 3. The third kappa shape index (κ3) is 2.91. The minimum absolute atomic E-state index is 0.169. The Morgan fingerprint density at radius 3 is 2.79 bits per heavy atom. The van der Waals surface area contributed by atoms with E-state index in [1.807, 2.05) is 6.07 Å². The molecule has 0 aliphatic carbocycles. The summed E-state index contributed by atoms with van der Waals surface area (Å²) < 4.78 is 4.80. The van der Waals surface area contributed by atoms with E-state index >= 15 is 0 Å². The van der Waals surface area contributed by atoms with E-state index in [2.05, 4.69) is 0 Å². The third-order valence-corrected chi connectivity index (χ3v) is 3.09. The normalized spacial score (nSPS) is 17.8. The number of hydrogen-bond acceptors (Lipinski definition) is 4. The predicted molar refractivity (Wildman–Crippen MR) is 67.1 cm³/mol. The average molecular weight is 258 g/mol. The zero-order chi connectivity index (χ0) is 13.7. The Hall–Kier alpha value is -2.35. The highest BCUT2D eigenvalue weighted by molar-refractivity contribution is 5.97. The molecule has 1 aromatic rings. The van der Waals surface area contributed by atoms with E-state index in [9.17, 15) is 9.59 Å². The van der Waals surface area contributed by atoms with E-state index in [-0.39, 0.29) is 12.5 Å².